The van der Waals surface area contributed by atoms with E-state index in [1.165, 1.54) is 7.11 Å². The summed E-state index contributed by atoms with van der Waals surface area (Å²) in [5.41, 5.74) is 1.70. The van der Waals surface area contributed by atoms with E-state index in [1.807, 2.05) is 24.3 Å². The summed E-state index contributed by atoms with van der Waals surface area (Å²) < 4.78 is 15.2. The van der Waals surface area contributed by atoms with Crippen LogP contribution in [0, 0.1) is 0 Å². The molecule has 0 N–H and O–H groups in total. The van der Waals surface area contributed by atoms with Crippen molar-refractivity contribution in [2.24, 2.45) is 0 Å². The molecule has 0 amide bonds. The van der Waals surface area contributed by atoms with E-state index in [0.717, 1.165) is 11.3 Å². The third-order valence-corrected chi connectivity index (χ3v) is 3.34. The Hall–Kier alpha value is -3.15. The Morgan fingerprint density at radius 3 is 2.48 bits per heavy atom. The van der Waals surface area contributed by atoms with Crippen LogP contribution in [0.25, 0.3) is 22.8 Å². The SMILES string of the molecule is COC(=O)c1ccccc1-c1nc(-c2ccc(OC)cc2)no1. The zero-order valence-electron chi connectivity index (χ0n) is 12.6. The molecule has 0 spiro atoms. The number of nitrogens with zero attached hydrogens (tertiary/aromatic N) is 2. The molecular formula is C17H14N2O4. The maximum Gasteiger partial charge on any atom is 0.338 e. The third kappa shape index (κ3) is 2.91. The van der Waals surface area contributed by atoms with Gasteiger partial charge in [0.05, 0.1) is 25.3 Å². The van der Waals surface area contributed by atoms with Crippen molar-refractivity contribution in [1.82, 2.24) is 10.1 Å². The molecule has 6 heteroatoms. The lowest BCUT2D eigenvalue weighted by Gasteiger charge is -2.03. The Balaban J connectivity index is 1.97. The molecule has 0 unspecified atom stereocenters. The molecule has 23 heavy (non-hydrogen) atoms. The summed E-state index contributed by atoms with van der Waals surface area (Å²) >= 11 is 0. The number of carbonyl (C=O) groups is 1. The fourth-order valence-corrected chi connectivity index (χ4v) is 2.15. The largest absolute Gasteiger partial charge is 0.497 e. The summed E-state index contributed by atoms with van der Waals surface area (Å²) in [6.07, 6.45) is 0. The highest BCUT2D eigenvalue weighted by Crippen LogP contribution is 2.26. The monoisotopic (exact) mass is 310 g/mol. The van der Waals surface area contributed by atoms with Crippen LogP contribution in [-0.2, 0) is 4.74 Å². The van der Waals surface area contributed by atoms with Crippen LogP contribution in [0.3, 0.4) is 0 Å². The van der Waals surface area contributed by atoms with Crippen LogP contribution in [0.4, 0.5) is 0 Å². The first-order valence-electron chi connectivity index (χ1n) is 6.89. The maximum absolute atomic E-state index is 11.8. The van der Waals surface area contributed by atoms with Crippen molar-refractivity contribution in [2.45, 2.75) is 0 Å². The molecule has 0 radical (unpaired) electrons. The molecule has 0 aliphatic heterocycles. The molecule has 2 aromatic carbocycles. The standard InChI is InChI=1S/C17H14N2O4/c1-21-12-9-7-11(8-10-12)15-18-16(23-19-15)13-5-3-4-6-14(13)17(20)22-2/h3-10H,1-2H3. The predicted octanol–water partition coefficient (Wildman–Crippen LogP) is 3.20. The van der Waals surface area contributed by atoms with Gasteiger partial charge >= 0.3 is 5.97 Å². The average molecular weight is 310 g/mol. The minimum Gasteiger partial charge on any atom is -0.497 e. The van der Waals surface area contributed by atoms with E-state index in [9.17, 15) is 4.79 Å². The Morgan fingerprint density at radius 2 is 1.78 bits per heavy atom. The summed E-state index contributed by atoms with van der Waals surface area (Å²) in [7, 11) is 2.93. The van der Waals surface area contributed by atoms with Gasteiger partial charge < -0.3 is 14.0 Å². The van der Waals surface area contributed by atoms with E-state index in [-0.39, 0.29) is 5.89 Å². The number of benzene rings is 2. The second kappa shape index (κ2) is 6.31. The highest BCUT2D eigenvalue weighted by Gasteiger charge is 2.18. The Morgan fingerprint density at radius 1 is 1.04 bits per heavy atom. The first kappa shape index (κ1) is 14.8. The quantitative estimate of drug-likeness (QED) is 0.689. The van der Waals surface area contributed by atoms with Crippen LogP contribution >= 0.6 is 0 Å². The highest BCUT2D eigenvalue weighted by atomic mass is 16.5. The van der Waals surface area contributed by atoms with Gasteiger partial charge in [-0.15, -0.1) is 0 Å². The molecule has 3 aromatic rings. The number of carbonyl (C=O) groups excluding carboxylic acids is 1. The van der Waals surface area contributed by atoms with Gasteiger partial charge in [-0.1, -0.05) is 17.3 Å². The summed E-state index contributed by atoms with van der Waals surface area (Å²) in [4.78, 5) is 16.2. The molecule has 0 bridgehead atoms. The van der Waals surface area contributed by atoms with Gasteiger partial charge in [0.1, 0.15) is 5.75 Å². The molecule has 1 heterocycles. The molecule has 6 nitrogen and oxygen atoms in total. The summed E-state index contributed by atoms with van der Waals surface area (Å²) in [6, 6.07) is 14.2. The molecular weight excluding hydrogens is 296 g/mol. The van der Waals surface area contributed by atoms with E-state index >= 15 is 0 Å². The third-order valence-electron chi connectivity index (χ3n) is 3.34. The lowest BCUT2D eigenvalue weighted by molar-refractivity contribution is 0.0601. The molecule has 0 saturated carbocycles. The Kier molecular flexibility index (Phi) is 4.05. The normalized spacial score (nSPS) is 10.3. The van der Waals surface area contributed by atoms with E-state index in [2.05, 4.69) is 10.1 Å². The second-order valence-electron chi connectivity index (χ2n) is 4.69. The number of hydrogen-bond acceptors (Lipinski definition) is 6. The minimum atomic E-state index is -0.454. The van der Waals surface area contributed by atoms with Crippen LogP contribution in [-0.4, -0.2) is 30.3 Å². The maximum atomic E-state index is 11.8. The predicted molar refractivity (Wildman–Crippen MR) is 83.1 cm³/mol. The molecule has 116 valence electrons. The molecule has 0 aliphatic carbocycles. The van der Waals surface area contributed by atoms with Gasteiger partial charge in [-0.2, -0.15) is 4.98 Å². The Bertz CT molecular complexity index is 825. The van der Waals surface area contributed by atoms with Crippen molar-refractivity contribution in [1.29, 1.82) is 0 Å². The zero-order valence-corrected chi connectivity index (χ0v) is 12.6. The van der Waals surface area contributed by atoms with E-state index < -0.39 is 5.97 Å². The molecule has 0 aliphatic rings. The van der Waals surface area contributed by atoms with Crippen LogP contribution in [0.1, 0.15) is 10.4 Å². The lowest BCUT2D eigenvalue weighted by Crippen LogP contribution is -2.03. The first-order valence-corrected chi connectivity index (χ1v) is 6.89. The number of methoxy groups -OCH3 is 2. The Labute approximate surface area is 132 Å². The minimum absolute atomic E-state index is 0.261. The van der Waals surface area contributed by atoms with E-state index in [0.29, 0.717) is 17.0 Å². The second-order valence-corrected chi connectivity index (χ2v) is 4.69. The summed E-state index contributed by atoms with van der Waals surface area (Å²) in [6.45, 7) is 0. The van der Waals surface area contributed by atoms with Crippen molar-refractivity contribution < 1.29 is 18.8 Å². The van der Waals surface area contributed by atoms with Gasteiger partial charge in [0.2, 0.25) is 5.82 Å². The van der Waals surface area contributed by atoms with Crippen LogP contribution in [0.2, 0.25) is 0 Å². The smallest absolute Gasteiger partial charge is 0.338 e. The number of aromatic nitrogens is 2. The fourth-order valence-electron chi connectivity index (χ4n) is 2.15. The van der Waals surface area contributed by atoms with E-state index in [4.69, 9.17) is 14.0 Å². The van der Waals surface area contributed by atoms with Crippen molar-refractivity contribution in [3.63, 3.8) is 0 Å². The van der Waals surface area contributed by atoms with Crippen LogP contribution in [0.15, 0.2) is 53.1 Å². The van der Waals surface area contributed by atoms with Crippen molar-refractivity contribution in [2.75, 3.05) is 14.2 Å². The van der Waals surface area contributed by atoms with Gasteiger partial charge in [0.25, 0.3) is 5.89 Å². The van der Waals surface area contributed by atoms with Crippen LogP contribution < -0.4 is 4.74 Å². The molecule has 0 atom stereocenters. The summed E-state index contributed by atoms with van der Waals surface area (Å²) in [5, 5.41) is 3.97. The van der Waals surface area contributed by atoms with Gasteiger partial charge in [-0.3, -0.25) is 0 Å². The van der Waals surface area contributed by atoms with Crippen molar-refractivity contribution >= 4 is 5.97 Å². The van der Waals surface area contributed by atoms with E-state index in [1.54, 1.807) is 31.4 Å². The number of hydrogen-bond donors (Lipinski definition) is 0. The van der Waals surface area contributed by atoms with Gasteiger partial charge in [0.15, 0.2) is 0 Å². The fraction of sp³-hybridized carbons (Fsp3) is 0.118. The van der Waals surface area contributed by atoms with Gasteiger partial charge in [0, 0.05) is 5.56 Å². The highest BCUT2D eigenvalue weighted by molar-refractivity contribution is 5.96. The van der Waals surface area contributed by atoms with Gasteiger partial charge in [-0.25, -0.2) is 4.79 Å². The van der Waals surface area contributed by atoms with Gasteiger partial charge in [-0.05, 0) is 36.4 Å². The average Bonchev–Trinajstić information content (AvgIpc) is 3.11. The molecule has 0 fully saturated rings. The number of ether oxygens (including phenoxy) is 2. The number of rotatable bonds is 4. The molecule has 1 aromatic heterocycles. The van der Waals surface area contributed by atoms with Crippen molar-refractivity contribution in [3.05, 3.63) is 54.1 Å². The molecule has 3 rings (SSSR count). The zero-order chi connectivity index (χ0) is 16.2. The lowest BCUT2D eigenvalue weighted by atomic mass is 10.1. The summed E-state index contributed by atoms with van der Waals surface area (Å²) in [5.74, 6) is 0.984. The van der Waals surface area contributed by atoms with Crippen LogP contribution in [0.5, 0.6) is 5.75 Å². The number of esters is 1. The topological polar surface area (TPSA) is 74.5 Å². The first-order chi connectivity index (χ1) is 11.2. The molecule has 0 saturated heterocycles. The van der Waals surface area contributed by atoms with Crippen molar-refractivity contribution in [3.8, 4) is 28.6 Å².